The van der Waals surface area contributed by atoms with Gasteiger partial charge in [0.15, 0.2) is 0 Å². The summed E-state index contributed by atoms with van der Waals surface area (Å²) in [7, 11) is 0. The number of halogens is 2. The van der Waals surface area contributed by atoms with Gasteiger partial charge in [0.25, 0.3) is 0 Å². The molecular weight excluding hydrogens is 255 g/mol. The molecule has 0 amide bonds. The number of hydrogen-bond acceptors (Lipinski definition) is 3. The number of rotatable bonds is 4. The van der Waals surface area contributed by atoms with Gasteiger partial charge in [0.05, 0.1) is 0 Å². The molecule has 1 aromatic rings. The van der Waals surface area contributed by atoms with Gasteiger partial charge in [0.1, 0.15) is 5.82 Å². The molecule has 0 aromatic heterocycles. The molecule has 0 aliphatic carbocycles. The highest BCUT2D eigenvalue weighted by Crippen LogP contribution is 2.30. The van der Waals surface area contributed by atoms with E-state index in [1.54, 1.807) is 6.07 Å². The number of hydrogen-bond donors (Lipinski definition) is 2. The van der Waals surface area contributed by atoms with Crippen LogP contribution in [0.3, 0.4) is 0 Å². The van der Waals surface area contributed by atoms with E-state index in [4.69, 9.17) is 11.6 Å². The Morgan fingerprint density at radius 3 is 2.78 bits per heavy atom. The molecule has 1 fully saturated rings. The highest BCUT2D eigenvalue weighted by atomic mass is 35.5. The van der Waals surface area contributed by atoms with E-state index in [-0.39, 0.29) is 18.5 Å². The normalized spacial score (nSPS) is 18.8. The van der Waals surface area contributed by atoms with Crippen molar-refractivity contribution in [3.8, 4) is 0 Å². The maximum Gasteiger partial charge on any atom is 0.123 e. The molecule has 1 saturated heterocycles. The summed E-state index contributed by atoms with van der Waals surface area (Å²) in [6.45, 7) is 3.67. The SMILES string of the molecule is OCC[C@H](c1cc(F)ccc1Cl)N1CCNCC1. The van der Waals surface area contributed by atoms with E-state index < -0.39 is 0 Å². The molecule has 100 valence electrons. The highest BCUT2D eigenvalue weighted by Gasteiger charge is 2.23. The van der Waals surface area contributed by atoms with E-state index in [1.165, 1.54) is 12.1 Å². The zero-order valence-corrected chi connectivity index (χ0v) is 11.0. The Balaban J connectivity index is 2.24. The summed E-state index contributed by atoms with van der Waals surface area (Å²) in [5, 5.41) is 13.1. The van der Waals surface area contributed by atoms with Crippen molar-refractivity contribution in [2.24, 2.45) is 0 Å². The Hall–Kier alpha value is -0.680. The number of aliphatic hydroxyl groups excluding tert-OH is 1. The molecule has 0 saturated carbocycles. The summed E-state index contributed by atoms with van der Waals surface area (Å²) in [4.78, 5) is 2.24. The van der Waals surface area contributed by atoms with Gasteiger partial charge in [0.2, 0.25) is 0 Å². The van der Waals surface area contributed by atoms with Crippen LogP contribution < -0.4 is 5.32 Å². The first-order valence-electron chi connectivity index (χ1n) is 6.23. The van der Waals surface area contributed by atoms with Gasteiger partial charge in [-0.1, -0.05) is 11.6 Å². The van der Waals surface area contributed by atoms with Gasteiger partial charge in [-0.25, -0.2) is 4.39 Å². The molecule has 1 aliphatic heterocycles. The molecule has 0 unspecified atom stereocenters. The van der Waals surface area contributed by atoms with E-state index in [0.717, 1.165) is 31.7 Å². The third-order valence-electron chi connectivity index (χ3n) is 3.31. The van der Waals surface area contributed by atoms with E-state index >= 15 is 0 Å². The second-order valence-electron chi connectivity index (χ2n) is 4.48. The lowest BCUT2D eigenvalue weighted by Crippen LogP contribution is -2.45. The number of aliphatic hydroxyl groups is 1. The van der Waals surface area contributed by atoms with E-state index in [9.17, 15) is 9.50 Å². The van der Waals surface area contributed by atoms with Gasteiger partial charge < -0.3 is 10.4 Å². The molecule has 1 atom stereocenters. The minimum Gasteiger partial charge on any atom is -0.396 e. The first-order valence-corrected chi connectivity index (χ1v) is 6.60. The van der Waals surface area contributed by atoms with Crippen LogP contribution in [0.4, 0.5) is 4.39 Å². The average Bonchev–Trinajstić information content (AvgIpc) is 2.40. The number of piperazine rings is 1. The third-order valence-corrected chi connectivity index (χ3v) is 3.66. The van der Waals surface area contributed by atoms with Crippen LogP contribution in [0.25, 0.3) is 0 Å². The van der Waals surface area contributed by atoms with Crippen molar-refractivity contribution < 1.29 is 9.50 Å². The second-order valence-corrected chi connectivity index (χ2v) is 4.89. The fraction of sp³-hybridized carbons (Fsp3) is 0.538. The Labute approximate surface area is 112 Å². The molecule has 0 spiro atoms. The lowest BCUT2D eigenvalue weighted by Gasteiger charge is -2.35. The van der Waals surface area contributed by atoms with Crippen LogP contribution in [0.2, 0.25) is 5.02 Å². The van der Waals surface area contributed by atoms with Crippen molar-refractivity contribution in [3.63, 3.8) is 0 Å². The minimum absolute atomic E-state index is 0.0136. The van der Waals surface area contributed by atoms with Crippen LogP contribution in [-0.4, -0.2) is 42.8 Å². The first-order chi connectivity index (χ1) is 8.72. The Kier molecular flexibility index (Phi) is 4.95. The van der Waals surface area contributed by atoms with Crippen molar-refractivity contribution in [2.75, 3.05) is 32.8 Å². The average molecular weight is 273 g/mol. The van der Waals surface area contributed by atoms with Crippen LogP contribution in [-0.2, 0) is 0 Å². The molecule has 0 radical (unpaired) electrons. The summed E-state index contributed by atoms with van der Waals surface area (Å²) < 4.78 is 13.4. The van der Waals surface area contributed by atoms with Gasteiger partial charge in [-0.05, 0) is 30.2 Å². The monoisotopic (exact) mass is 272 g/mol. The molecule has 5 heteroatoms. The Bertz CT molecular complexity index is 397. The predicted molar refractivity (Wildman–Crippen MR) is 70.3 cm³/mol. The molecule has 3 nitrogen and oxygen atoms in total. The van der Waals surface area contributed by atoms with E-state index in [2.05, 4.69) is 10.2 Å². The van der Waals surface area contributed by atoms with Crippen LogP contribution in [0.15, 0.2) is 18.2 Å². The van der Waals surface area contributed by atoms with Gasteiger partial charge >= 0.3 is 0 Å². The number of nitrogens with zero attached hydrogens (tertiary/aromatic N) is 1. The molecule has 1 heterocycles. The van der Waals surface area contributed by atoms with Crippen molar-refractivity contribution in [1.29, 1.82) is 0 Å². The molecule has 2 N–H and O–H groups in total. The maximum absolute atomic E-state index is 13.4. The third kappa shape index (κ3) is 3.20. The van der Waals surface area contributed by atoms with Crippen LogP contribution in [0, 0.1) is 5.82 Å². The van der Waals surface area contributed by atoms with Crippen LogP contribution >= 0.6 is 11.6 Å². The van der Waals surface area contributed by atoms with Gasteiger partial charge in [-0.3, -0.25) is 4.90 Å². The van der Waals surface area contributed by atoms with Gasteiger partial charge in [-0.15, -0.1) is 0 Å². The summed E-state index contributed by atoms with van der Waals surface area (Å²) in [5.41, 5.74) is 0.771. The summed E-state index contributed by atoms with van der Waals surface area (Å²) in [5.74, 6) is -0.285. The smallest absolute Gasteiger partial charge is 0.123 e. The summed E-state index contributed by atoms with van der Waals surface area (Å²) >= 11 is 6.16. The second kappa shape index (κ2) is 6.48. The van der Waals surface area contributed by atoms with Crippen LogP contribution in [0.1, 0.15) is 18.0 Å². The highest BCUT2D eigenvalue weighted by molar-refractivity contribution is 6.31. The Morgan fingerprint density at radius 1 is 1.39 bits per heavy atom. The number of nitrogens with one attached hydrogen (secondary N) is 1. The van der Waals surface area contributed by atoms with Crippen molar-refractivity contribution in [1.82, 2.24) is 10.2 Å². The molecule has 0 bridgehead atoms. The first kappa shape index (κ1) is 13.7. The standard InChI is InChI=1S/C13H18ClFN2O/c14-12-2-1-10(15)9-11(12)13(3-8-18)17-6-4-16-5-7-17/h1-2,9,13,16,18H,3-8H2/t13-/m1/s1. The zero-order valence-electron chi connectivity index (χ0n) is 10.2. The fourth-order valence-electron chi connectivity index (χ4n) is 2.42. The quantitative estimate of drug-likeness (QED) is 0.878. The Morgan fingerprint density at radius 2 is 2.11 bits per heavy atom. The van der Waals surface area contributed by atoms with Gasteiger partial charge in [-0.2, -0.15) is 0 Å². The van der Waals surface area contributed by atoms with E-state index in [1.807, 2.05) is 0 Å². The molecular formula is C13H18ClFN2O. The molecule has 1 aliphatic rings. The maximum atomic E-state index is 13.4. The number of benzene rings is 1. The topological polar surface area (TPSA) is 35.5 Å². The van der Waals surface area contributed by atoms with Crippen molar-refractivity contribution in [2.45, 2.75) is 12.5 Å². The van der Waals surface area contributed by atoms with Crippen LogP contribution in [0.5, 0.6) is 0 Å². The molecule has 18 heavy (non-hydrogen) atoms. The zero-order chi connectivity index (χ0) is 13.0. The van der Waals surface area contributed by atoms with E-state index in [0.29, 0.717) is 11.4 Å². The summed E-state index contributed by atoms with van der Waals surface area (Å²) in [6.07, 6.45) is 0.573. The molecule has 2 rings (SSSR count). The largest absolute Gasteiger partial charge is 0.396 e. The fourth-order valence-corrected chi connectivity index (χ4v) is 2.66. The lowest BCUT2D eigenvalue weighted by atomic mass is 10.0. The van der Waals surface area contributed by atoms with Gasteiger partial charge in [0, 0.05) is 43.9 Å². The summed E-state index contributed by atoms with van der Waals surface area (Å²) in [6, 6.07) is 4.41. The minimum atomic E-state index is -0.285. The predicted octanol–water partition coefficient (Wildman–Crippen LogP) is 1.81. The lowest BCUT2D eigenvalue weighted by molar-refractivity contribution is 0.141. The molecule has 1 aromatic carbocycles. The van der Waals surface area contributed by atoms with Crippen molar-refractivity contribution >= 4 is 11.6 Å². The van der Waals surface area contributed by atoms with Crippen molar-refractivity contribution in [3.05, 3.63) is 34.6 Å².